The summed E-state index contributed by atoms with van der Waals surface area (Å²) in [6, 6.07) is 6.97. The molecule has 1 N–H and O–H groups in total. The van der Waals surface area contributed by atoms with Gasteiger partial charge < -0.3 is 9.15 Å². The predicted octanol–water partition coefficient (Wildman–Crippen LogP) is 1.51. The van der Waals surface area contributed by atoms with Gasteiger partial charge in [-0.1, -0.05) is 18.2 Å². The second-order valence-electron chi connectivity index (χ2n) is 4.75. The molecule has 2 aromatic heterocycles. The SMILES string of the molecule is Cc1cnc(COC(=O)Cc2n[nH]c(=O)c3ccccc23)o1. The Kier molecular flexibility index (Phi) is 3.69. The van der Waals surface area contributed by atoms with Gasteiger partial charge in [0.2, 0.25) is 5.89 Å². The van der Waals surface area contributed by atoms with Crippen LogP contribution >= 0.6 is 0 Å². The van der Waals surface area contributed by atoms with Crippen molar-refractivity contribution in [3.05, 3.63) is 58.2 Å². The maximum absolute atomic E-state index is 11.9. The molecule has 3 aromatic rings. The van der Waals surface area contributed by atoms with Gasteiger partial charge in [0.1, 0.15) is 5.76 Å². The molecule has 0 fully saturated rings. The molecule has 22 heavy (non-hydrogen) atoms. The molecule has 0 unspecified atom stereocenters. The fraction of sp³-hybridized carbons (Fsp3) is 0.200. The third-order valence-corrected chi connectivity index (χ3v) is 3.11. The molecular formula is C15H13N3O4. The lowest BCUT2D eigenvalue weighted by molar-refractivity contribution is -0.144. The molecule has 0 aliphatic heterocycles. The predicted molar refractivity (Wildman–Crippen MR) is 77.1 cm³/mol. The molecule has 0 atom stereocenters. The van der Waals surface area contributed by atoms with Crippen LogP contribution in [0.5, 0.6) is 0 Å². The van der Waals surface area contributed by atoms with Crippen molar-refractivity contribution < 1.29 is 13.9 Å². The zero-order chi connectivity index (χ0) is 15.5. The van der Waals surface area contributed by atoms with Crippen molar-refractivity contribution in [1.82, 2.24) is 15.2 Å². The van der Waals surface area contributed by atoms with E-state index in [0.717, 1.165) is 0 Å². The highest BCUT2D eigenvalue weighted by molar-refractivity contribution is 5.86. The van der Waals surface area contributed by atoms with Gasteiger partial charge in [0.25, 0.3) is 5.56 Å². The van der Waals surface area contributed by atoms with Crippen LogP contribution in [0.2, 0.25) is 0 Å². The van der Waals surface area contributed by atoms with E-state index in [4.69, 9.17) is 9.15 Å². The zero-order valence-corrected chi connectivity index (χ0v) is 11.8. The number of oxazole rings is 1. The molecule has 0 radical (unpaired) electrons. The summed E-state index contributed by atoms with van der Waals surface area (Å²) < 4.78 is 10.3. The molecule has 0 bridgehead atoms. The summed E-state index contributed by atoms with van der Waals surface area (Å²) in [5.41, 5.74) is 0.173. The highest BCUT2D eigenvalue weighted by atomic mass is 16.5. The number of hydrogen-bond acceptors (Lipinski definition) is 6. The summed E-state index contributed by atoms with van der Waals surface area (Å²) in [5, 5.41) is 7.43. The second kappa shape index (κ2) is 5.80. The Hall–Kier alpha value is -2.96. The van der Waals surface area contributed by atoms with Gasteiger partial charge in [-0.05, 0) is 13.0 Å². The maximum Gasteiger partial charge on any atom is 0.312 e. The van der Waals surface area contributed by atoms with Crippen LogP contribution in [0, 0.1) is 6.92 Å². The molecule has 1 aromatic carbocycles. The van der Waals surface area contributed by atoms with Crippen molar-refractivity contribution >= 4 is 16.7 Å². The minimum absolute atomic E-state index is 0.0338. The van der Waals surface area contributed by atoms with E-state index in [0.29, 0.717) is 28.1 Å². The molecule has 7 heteroatoms. The van der Waals surface area contributed by atoms with Crippen LogP contribution in [0.25, 0.3) is 10.8 Å². The number of aromatic amines is 1. The lowest BCUT2D eigenvalue weighted by atomic mass is 10.1. The third kappa shape index (κ3) is 2.88. The molecule has 0 saturated heterocycles. The number of fused-ring (bicyclic) bond motifs is 1. The van der Waals surface area contributed by atoms with Crippen LogP contribution in [-0.4, -0.2) is 21.2 Å². The number of carbonyl (C=O) groups excluding carboxylic acids is 1. The highest BCUT2D eigenvalue weighted by Crippen LogP contribution is 2.13. The largest absolute Gasteiger partial charge is 0.455 e. The van der Waals surface area contributed by atoms with Crippen molar-refractivity contribution in [3.63, 3.8) is 0 Å². The van der Waals surface area contributed by atoms with Crippen molar-refractivity contribution in [2.24, 2.45) is 0 Å². The van der Waals surface area contributed by atoms with E-state index in [1.165, 1.54) is 0 Å². The Labute approximate surface area is 124 Å². The lowest BCUT2D eigenvalue weighted by Gasteiger charge is -2.05. The number of aromatic nitrogens is 3. The van der Waals surface area contributed by atoms with Crippen molar-refractivity contribution in [2.75, 3.05) is 0 Å². The Balaban J connectivity index is 1.74. The summed E-state index contributed by atoms with van der Waals surface area (Å²) >= 11 is 0. The van der Waals surface area contributed by atoms with Crippen LogP contribution in [-0.2, 0) is 22.6 Å². The average molecular weight is 299 g/mol. The van der Waals surface area contributed by atoms with E-state index < -0.39 is 5.97 Å². The summed E-state index contributed by atoms with van der Waals surface area (Å²) in [4.78, 5) is 27.5. The van der Waals surface area contributed by atoms with E-state index >= 15 is 0 Å². The number of aryl methyl sites for hydroxylation is 1. The molecule has 112 valence electrons. The van der Waals surface area contributed by atoms with Crippen LogP contribution in [0.1, 0.15) is 17.3 Å². The number of H-pyrrole nitrogens is 1. The summed E-state index contributed by atoms with van der Waals surface area (Å²) in [6.07, 6.45) is 1.51. The van der Waals surface area contributed by atoms with Crippen LogP contribution < -0.4 is 5.56 Å². The van der Waals surface area contributed by atoms with Crippen LogP contribution in [0.3, 0.4) is 0 Å². The first kappa shape index (κ1) is 14.0. The quantitative estimate of drug-likeness (QED) is 0.733. The van der Waals surface area contributed by atoms with Crippen molar-refractivity contribution in [3.8, 4) is 0 Å². The second-order valence-corrected chi connectivity index (χ2v) is 4.75. The first-order chi connectivity index (χ1) is 10.6. The van der Waals surface area contributed by atoms with E-state index in [1.54, 1.807) is 37.4 Å². The van der Waals surface area contributed by atoms with Crippen LogP contribution in [0.4, 0.5) is 0 Å². The molecule has 0 amide bonds. The molecule has 0 aliphatic rings. The topological polar surface area (TPSA) is 98.1 Å². The van der Waals surface area contributed by atoms with Gasteiger partial charge in [0.15, 0.2) is 6.61 Å². The Morgan fingerprint density at radius 2 is 2.09 bits per heavy atom. The molecule has 3 rings (SSSR count). The normalized spacial score (nSPS) is 10.8. The fourth-order valence-electron chi connectivity index (χ4n) is 2.10. The number of nitrogens with one attached hydrogen (secondary N) is 1. The lowest BCUT2D eigenvalue weighted by Crippen LogP contribution is -2.15. The number of ether oxygens (including phenoxy) is 1. The summed E-state index contributed by atoms with van der Waals surface area (Å²) in [6.45, 7) is 1.72. The van der Waals surface area contributed by atoms with Gasteiger partial charge in [-0.25, -0.2) is 10.1 Å². The van der Waals surface area contributed by atoms with Gasteiger partial charge in [-0.15, -0.1) is 0 Å². The Bertz CT molecular complexity index is 882. The Morgan fingerprint density at radius 1 is 1.32 bits per heavy atom. The van der Waals surface area contributed by atoms with Crippen LogP contribution in [0.15, 0.2) is 39.7 Å². The fourth-order valence-corrected chi connectivity index (χ4v) is 2.10. The van der Waals surface area contributed by atoms with Gasteiger partial charge in [-0.3, -0.25) is 9.59 Å². The van der Waals surface area contributed by atoms with Crippen molar-refractivity contribution in [1.29, 1.82) is 0 Å². The van der Waals surface area contributed by atoms with E-state index in [1.807, 2.05) is 0 Å². The third-order valence-electron chi connectivity index (χ3n) is 3.11. The van der Waals surface area contributed by atoms with Crippen molar-refractivity contribution in [2.45, 2.75) is 20.0 Å². The zero-order valence-electron chi connectivity index (χ0n) is 11.8. The molecule has 0 spiro atoms. The number of hydrogen-bond donors (Lipinski definition) is 1. The number of benzene rings is 1. The summed E-state index contributed by atoms with van der Waals surface area (Å²) in [7, 11) is 0. The first-order valence-electron chi connectivity index (χ1n) is 6.67. The van der Waals surface area contributed by atoms with E-state index in [9.17, 15) is 9.59 Å². The number of nitrogens with zero attached hydrogens (tertiary/aromatic N) is 2. The van der Waals surface area contributed by atoms with E-state index in [-0.39, 0.29) is 18.6 Å². The minimum atomic E-state index is -0.472. The first-order valence-corrected chi connectivity index (χ1v) is 6.67. The van der Waals surface area contributed by atoms with Gasteiger partial charge in [0, 0.05) is 5.39 Å². The highest BCUT2D eigenvalue weighted by Gasteiger charge is 2.12. The smallest absolute Gasteiger partial charge is 0.312 e. The molecule has 7 nitrogen and oxygen atoms in total. The van der Waals surface area contributed by atoms with Gasteiger partial charge >= 0.3 is 5.97 Å². The Morgan fingerprint density at radius 3 is 2.82 bits per heavy atom. The number of rotatable bonds is 4. The molecule has 0 aliphatic carbocycles. The van der Waals surface area contributed by atoms with E-state index in [2.05, 4.69) is 15.2 Å². The number of carbonyl (C=O) groups is 1. The monoisotopic (exact) mass is 299 g/mol. The van der Waals surface area contributed by atoms with Gasteiger partial charge in [0.05, 0.1) is 23.7 Å². The molecule has 0 saturated carbocycles. The minimum Gasteiger partial charge on any atom is -0.455 e. The average Bonchev–Trinajstić information content (AvgIpc) is 2.94. The number of esters is 1. The van der Waals surface area contributed by atoms with Gasteiger partial charge in [-0.2, -0.15) is 5.10 Å². The summed E-state index contributed by atoms with van der Waals surface area (Å²) in [5.74, 6) is 0.519. The standard InChI is InChI=1S/C15H13N3O4/c1-9-7-16-13(22-9)8-21-14(19)6-12-10-4-2-3-5-11(10)15(20)18-17-12/h2-5,7H,6,8H2,1H3,(H,18,20). The maximum atomic E-state index is 11.9. The molecular weight excluding hydrogens is 286 g/mol. The molecule has 2 heterocycles.